The van der Waals surface area contributed by atoms with E-state index in [0.29, 0.717) is 11.4 Å². The van der Waals surface area contributed by atoms with Gasteiger partial charge in [-0.15, -0.1) is 0 Å². The number of fused-ring (bicyclic) bond motifs is 1. The van der Waals surface area contributed by atoms with Gasteiger partial charge in [0.05, 0.1) is 17.8 Å². The number of urea groups is 1. The van der Waals surface area contributed by atoms with Crippen molar-refractivity contribution in [3.63, 3.8) is 0 Å². The van der Waals surface area contributed by atoms with E-state index in [4.69, 9.17) is 5.11 Å². The Morgan fingerprint density at radius 2 is 1.92 bits per heavy atom. The van der Waals surface area contributed by atoms with Gasteiger partial charge in [-0.05, 0) is 12.1 Å². The molecule has 1 aromatic carbocycles. The van der Waals surface area contributed by atoms with Gasteiger partial charge in [0.1, 0.15) is 16.3 Å². The molecular formula is C14H17N5O5S2. The predicted molar refractivity (Wildman–Crippen MR) is 94.0 cm³/mol. The molecule has 2 heterocycles. The van der Waals surface area contributed by atoms with Crippen molar-refractivity contribution >= 4 is 44.8 Å². The molecule has 0 atom stereocenters. The first kappa shape index (κ1) is 18.5. The third kappa shape index (κ3) is 3.76. The fraction of sp³-hybridized carbons (Fsp3) is 0.429. The van der Waals surface area contributed by atoms with Crippen molar-refractivity contribution in [3.8, 4) is 0 Å². The van der Waals surface area contributed by atoms with Crippen molar-refractivity contribution in [1.82, 2.24) is 14.5 Å². The number of hydrogen-bond acceptors (Lipinski definition) is 6. The lowest BCUT2D eigenvalue weighted by Crippen LogP contribution is -2.53. The van der Waals surface area contributed by atoms with Gasteiger partial charge in [-0.2, -0.15) is 13.0 Å². The molecule has 2 N–H and O–H groups in total. The van der Waals surface area contributed by atoms with Crippen LogP contribution < -0.4 is 5.32 Å². The molecule has 12 heteroatoms. The Kier molecular flexibility index (Phi) is 5.34. The van der Waals surface area contributed by atoms with Crippen molar-refractivity contribution in [3.05, 3.63) is 18.2 Å². The molecule has 2 aliphatic heterocycles. The van der Waals surface area contributed by atoms with Crippen LogP contribution in [0.1, 0.15) is 6.42 Å². The largest absolute Gasteiger partial charge is 0.481 e. The number of carbonyl (C=O) groups is 2. The molecule has 3 rings (SSSR count). The number of piperazine rings is 1. The van der Waals surface area contributed by atoms with Crippen LogP contribution in [0.4, 0.5) is 16.2 Å². The third-order valence-corrected chi connectivity index (χ3v) is 6.48. The number of rotatable bonds is 5. The van der Waals surface area contributed by atoms with Crippen LogP contribution in [0, 0.1) is 0 Å². The van der Waals surface area contributed by atoms with Gasteiger partial charge >= 0.3 is 12.0 Å². The fourth-order valence-electron chi connectivity index (χ4n) is 2.65. The van der Waals surface area contributed by atoms with E-state index in [1.165, 1.54) is 15.3 Å². The summed E-state index contributed by atoms with van der Waals surface area (Å²) in [5.41, 5.74) is 0.888. The maximum Gasteiger partial charge on any atom is 0.317 e. The van der Waals surface area contributed by atoms with E-state index in [2.05, 4.69) is 14.0 Å². The monoisotopic (exact) mass is 399 g/mol. The molecule has 0 spiro atoms. The molecular weight excluding hydrogens is 382 g/mol. The number of nitrogens with zero attached hydrogens (tertiary/aromatic N) is 4. The molecule has 0 bridgehead atoms. The first-order valence-electron chi connectivity index (χ1n) is 7.85. The van der Waals surface area contributed by atoms with Gasteiger partial charge in [0.25, 0.3) is 0 Å². The number of amides is 2. The Labute approximate surface area is 153 Å². The molecule has 2 amide bonds. The Morgan fingerprint density at radius 3 is 2.62 bits per heavy atom. The molecule has 0 unspecified atom stereocenters. The van der Waals surface area contributed by atoms with Gasteiger partial charge in [-0.25, -0.2) is 13.2 Å². The van der Waals surface area contributed by atoms with Crippen LogP contribution in [0.15, 0.2) is 31.8 Å². The molecule has 26 heavy (non-hydrogen) atoms. The minimum atomic E-state index is -3.73. The van der Waals surface area contributed by atoms with E-state index in [1.807, 2.05) is 0 Å². The standard InChI is InChI=1S/C14H17N5O5S2/c20-12(21)4-5-15-14(22)18-6-8-19(9-7-18)26(23,24)11-3-1-2-10-13(11)17-25-16-10/h1-3H,4-9H2,(H,15,22)(H,20,21). The smallest absolute Gasteiger partial charge is 0.317 e. The molecule has 0 aliphatic carbocycles. The van der Waals surface area contributed by atoms with Crippen LogP contribution >= 0.6 is 0 Å². The number of hydrogen-bond donors (Lipinski definition) is 2. The average molecular weight is 399 g/mol. The molecule has 10 nitrogen and oxygen atoms in total. The highest BCUT2D eigenvalue weighted by Gasteiger charge is 2.32. The molecule has 0 saturated carbocycles. The lowest BCUT2D eigenvalue weighted by Gasteiger charge is -2.34. The molecule has 0 aromatic heterocycles. The Balaban J connectivity index is 1.63. The molecule has 1 fully saturated rings. The third-order valence-electron chi connectivity index (χ3n) is 4.01. The Morgan fingerprint density at radius 1 is 1.19 bits per heavy atom. The molecule has 2 aliphatic rings. The van der Waals surface area contributed by atoms with Crippen molar-refractivity contribution in [1.29, 1.82) is 0 Å². The van der Waals surface area contributed by atoms with Crippen molar-refractivity contribution < 1.29 is 23.1 Å². The second-order valence-electron chi connectivity index (χ2n) is 5.65. The van der Waals surface area contributed by atoms with E-state index >= 15 is 0 Å². The van der Waals surface area contributed by atoms with Crippen LogP contribution in [0.2, 0.25) is 0 Å². The van der Waals surface area contributed by atoms with E-state index < -0.39 is 22.0 Å². The maximum atomic E-state index is 12.9. The van der Waals surface area contributed by atoms with Crippen molar-refractivity contribution in [2.24, 2.45) is 8.73 Å². The average Bonchev–Trinajstić information content (AvgIpc) is 3.10. The summed E-state index contributed by atoms with van der Waals surface area (Å²) >= 11 is 0.958. The normalized spacial score (nSPS) is 16.8. The van der Waals surface area contributed by atoms with Gasteiger partial charge < -0.3 is 15.3 Å². The highest BCUT2D eigenvalue weighted by Crippen LogP contribution is 2.38. The van der Waals surface area contributed by atoms with Gasteiger partial charge in [-0.3, -0.25) is 4.79 Å². The minimum Gasteiger partial charge on any atom is -0.481 e. The lowest BCUT2D eigenvalue weighted by atomic mass is 10.3. The highest BCUT2D eigenvalue weighted by atomic mass is 32.2. The van der Waals surface area contributed by atoms with Crippen molar-refractivity contribution in [2.75, 3.05) is 32.7 Å². The zero-order valence-electron chi connectivity index (χ0n) is 13.7. The number of nitrogens with one attached hydrogen (secondary N) is 1. The number of sulfonamides is 1. The van der Waals surface area contributed by atoms with Crippen molar-refractivity contribution in [2.45, 2.75) is 11.3 Å². The summed E-state index contributed by atoms with van der Waals surface area (Å²) in [5.74, 6) is -0.994. The lowest BCUT2D eigenvalue weighted by molar-refractivity contribution is -0.136. The SMILES string of the molecule is O=C(O)CCNC(=O)N1CCN(S(=O)(=O)c2cccc3c2N=S=N3)CC1. The van der Waals surface area contributed by atoms with Gasteiger partial charge in [-0.1, -0.05) is 6.07 Å². The first-order valence-corrected chi connectivity index (χ1v) is 10.0. The summed E-state index contributed by atoms with van der Waals surface area (Å²) in [5, 5.41) is 11.1. The van der Waals surface area contributed by atoms with E-state index in [9.17, 15) is 18.0 Å². The summed E-state index contributed by atoms with van der Waals surface area (Å²) in [7, 11) is -3.73. The summed E-state index contributed by atoms with van der Waals surface area (Å²) in [6.45, 7) is 0.795. The van der Waals surface area contributed by atoms with E-state index in [0.717, 1.165) is 11.4 Å². The van der Waals surface area contributed by atoms with Crippen LogP contribution in [0.5, 0.6) is 0 Å². The zero-order valence-corrected chi connectivity index (χ0v) is 15.3. The zero-order chi connectivity index (χ0) is 18.7. The van der Waals surface area contributed by atoms with E-state index in [-0.39, 0.29) is 44.0 Å². The first-order chi connectivity index (χ1) is 12.4. The summed E-state index contributed by atoms with van der Waals surface area (Å²) in [6.07, 6.45) is -0.161. The second-order valence-corrected chi connectivity index (χ2v) is 8.09. The van der Waals surface area contributed by atoms with Crippen LogP contribution in [-0.2, 0) is 26.2 Å². The van der Waals surface area contributed by atoms with Gasteiger partial charge in [0.15, 0.2) is 0 Å². The number of carboxylic acids is 1. The molecule has 1 saturated heterocycles. The Hall–Kier alpha value is -2.31. The predicted octanol–water partition coefficient (Wildman–Crippen LogP) is 0.904. The van der Waals surface area contributed by atoms with Crippen LogP contribution in [0.25, 0.3) is 0 Å². The van der Waals surface area contributed by atoms with E-state index in [1.54, 1.807) is 12.1 Å². The highest BCUT2D eigenvalue weighted by molar-refractivity contribution is 7.89. The topological polar surface area (TPSA) is 132 Å². The number of carboxylic acid groups (broad SMARTS) is 1. The minimum absolute atomic E-state index is 0.0332. The van der Waals surface area contributed by atoms with Gasteiger partial charge in [0.2, 0.25) is 10.0 Å². The summed E-state index contributed by atoms with van der Waals surface area (Å²) < 4.78 is 35.3. The number of benzene rings is 1. The van der Waals surface area contributed by atoms with Crippen LogP contribution in [-0.4, -0.2) is 67.5 Å². The molecule has 0 radical (unpaired) electrons. The Bertz CT molecular complexity index is 902. The van der Waals surface area contributed by atoms with Gasteiger partial charge in [0, 0.05) is 32.7 Å². The maximum absolute atomic E-state index is 12.9. The second kappa shape index (κ2) is 7.51. The molecule has 140 valence electrons. The fourth-order valence-corrected chi connectivity index (χ4v) is 4.82. The molecule has 1 aromatic rings. The number of aliphatic carboxylic acids is 1. The summed E-state index contributed by atoms with van der Waals surface area (Å²) in [6, 6.07) is 4.44. The quantitative estimate of drug-likeness (QED) is 0.771. The summed E-state index contributed by atoms with van der Waals surface area (Å²) in [4.78, 5) is 24.0. The van der Waals surface area contributed by atoms with Crippen LogP contribution in [0.3, 0.4) is 0 Å². The number of carbonyl (C=O) groups excluding carboxylic acids is 1.